The summed E-state index contributed by atoms with van der Waals surface area (Å²) in [5.74, 6) is 0. The molecule has 1 unspecified atom stereocenters. The van der Waals surface area contributed by atoms with E-state index in [0.717, 1.165) is 16.3 Å². The fourth-order valence-electron chi connectivity index (χ4n) is 4.62. The average Bonchev–Trinajstić information content (AvgIpc) is 2.87. The Kier molecular flexibility index (Phi) is 7.95. The third-order valence-electron chi connectivity index (χ3n) is 6.56. The molecule has 0 bridgehead atoms. The molecule has 9 heteroatoms. The zero-order valence-corrected chi connectivity index (χ0v) is 21.9. The smallest absolute Gasteiger partial charge is 0.410 e. The molecule has 0 aromatic heterocycles. The van der Waals surface area contributed by atoms with Crippen molar-refractivity contribution >= 4 is 22.6 Å². The van der Waals surface area contributed by atoms with Crippen molar-refractivity contribution in [2.45, 2.75) is 45.4 Å². The van der Waals surface area contributed by atoms with Crippen molar-refractivity contribution in [3.05, 3.63) is 87.0 Å². The van der Waals surface area contributed by atoms with Crippen LogP contribution < -0.4 is 0 Å². The van der Waals surface area contributed by atoms with Gasteiger partial charge in [-0.15, -0.1) is 0 Å². The fourth-order valence-corrected chi connectivity index (χ4v) is 4.62. The molecule has 4 rings (SSSR count). The minimum atomic E-state index is -0.948. The second-order valence-corrected chi connectivity index (χ2v) is 10.6. The lowest BCUT2D eigenvalue weighted by atomic mass is 9.96. The number of fused-ring (bicyclic) bond motifs is 1. The SMILES string of the molecule is CC(C)(C)OC(=O)N1CCN(Cc2ccc([N+](=O)[O-])c(CC(O)c3ccc4ccc(C#N)cc4c3)c2)CC1. The Morgan fingerprint density at radius 3 is 2.45 bits per heavy atom. The second-order valence-electron chi connectivity index (χ2n) is 10.6. The Morgan fingerprint density at radius 2 is 1.79 bits per heavy atom. The predicted octanol–water partition coefficient (Wildman–Crippen LogP) is 4.95. The number of amides is 1. The first-order valence-electron chi connectivity index (χ1n) is 12.6. The number of nitro benzene ring substituents is 1. The van der Waals surface area contributed by atoms with Gasteiger partial charge in [0.25, 0.3) is 5.69 Å². The molecule has 198 valence electrons. The molecule has 3 aromatic rings. The van der Waals surface area contributed by atoms with Crippen LogP contribution in [0.5, 0.6) is 0 Å². The van der Waals surface area contributed by atoms with Crippen molar-refractivity contribution in [2.24, 2.45) is 0 Å². The fraction of sp³-hybridized carbons (Fsp3) is 0.379. The molecule has 0 saturated carbocycles. The highest BCUT2D eigenvalue weighted by Crippen LogP contribution is 2.29. The Labute approximate surface area is 222 Å². The van der Waals surface area contributed by atoms with Crippen molar-refractivity contribution in [3.8, 4) is 6.07 Å². The van der Waals surface area contributed by atoms with E-state index in [2.05, 4.69) is 11.0 Å². The van der Waals surface area contributed by atoms with Crippen LogP contribution in [0.25, 0.3) is 10.8 Å². The number of nitro groups is 1. The van der Waals surface area contributed by atoms with E-state index in [1.165, 1.54) is 6.07 Å². The maximum absolute atomic E-state index is 12.3. The van der Waals surface area contributed by atoms with Gasteiger partial charge in [0.15, 0.2) is 0 Å². The predicted molar refractivity (Wildman–Crippen MR) is 144 cm³/mol. The lowest BCUT2D eigenvalue weighted by molar-refractivity contribution is -0.385. The van der Waals surface area contributed by atoms with Gasteiger partial charge in [-0.3, -0.25) is 15.0 Å². The largest absolute Gasteiger partial charge is 0.444 e. The van der Waals surface area contributed by atoms with E-state index in [1.807, 2.05) is 39.0 Å². The van der Waals surface area contributed by atoms with Gasteiger partial charge >= 0.3 is 6.09 Å². The lowest BCUT2D eigenvalue weighted by Gasteiger charge is -2.35. The molecule has 0 aliphatic carbocycles. The molecule has 3 aromatic carbocycles. The molecule has 38 heavy (non-hydrogen) atoms. The first kappa shape index (κ1) is 27.0. The van der Waals surface area contributed by atoms with Gasteiger partial charge in [0, 0.05) is 50.8 Å². The van der Waals surface area contributed by atoms with Crippen LogP contribution in [0, 0.1) is 21.4 Å². The van der Waals surface area contributed by atoms with Crippen LogP contribution in [0.4, 0.5) is 10.5 Å². The Balaban J connectivity index is 1.46. The van der Waals surface area contributed by atoms with E-state index >= 15 is 0 Å². The Morgan fingerprint density at radius 1 is 1.08 bits per heavy atom. The van der Waals surface area contributed by atoms with Crippen molar-refractivity contribution in [1.82, 2.24) is 9.80 Å². The molecule has 1 saturated heterocycles. The van der Waals surface area contributed by atoms with Gasteiger partial charge in [0.2, 0.25) is 0 Å². The normalized spacial score (nSPS) is 15.2. The van der Waals surface area contributed by atoms with Crippen molar-refractivity contribution in [1.29, 1.82) is 5.26 Å². The Bertz CT molecular complexity index is 1380. The van der Waals surface area contributed by atoms with E-state index in [9.17, 15) is 25.3 Å². The zero-order valence-electron chi connectivity index (χ0n) is 21.9. The van der Waals surface area contributed by atoms with Crippen molar-refractivity contribution in [2.75, 3.05) is 26.2 Å². The van der Waals surface area contributed by atoms with Crippen LogP contribution in [0.1, 0.15) is 49.1 Å². The number of benzene rings is 3. The van der Waals surface area contributed by atoms with Crippen molar-refractivity contribution in [3.63, 3.8) is 0 Å². The highest BCUT2D eigenvalue weighted by Gasteiger charge is 2.26. The van der Waals surface area contributed by atoms with Crippen LogP contribution in [-0.2, 0) is 17.7 Å². The van der Waals surface area contributed by atoms with Crippen LogP contribution in [0.15, 0.2) is 54.6 Å². The number of hydrogen-bond donors (Lipinski definition) is 1. The van der Waals surface area contributed by atoms with Gasteiger partial charge in [-0.25, -0.2) is 4.79 Å². The summed E-state index contributed by atoms with van der Waals surface area (Å²) in [6.07, 6.45) is -1.18. The van der Waals surface area contributed by atoms with Crippen molar-refractivity contribution < 1.29 is 19.6 Å². The third-order valence-corrected chi connectivity index (χ3v) is 6.56. The number of carbonyl (C=O) groups is 1. The van der Waals surface area contributed by atoms with E-state index in [4.69, 9.17) is 4.74 Å². The summed E-state index contributed by atoms with van der Waals surface area (Å²) in [6, 6.07) is 18.0. The minimum absolute atomic E-state index is 0.0323. The average molecular weight is 517 g/mol. The number of nitriles is 1. The zero-order chi connectivity index (χ0) is 27.4. The number of ether oxygens (including phenoxy) is 1. The molecule has 1 fully saturated rings. The van der Waals surface area contributed by atoms with Gasteiger partial charge in [-0.2, -0.15) is 5.26 Å². The van der Waals surface area contributed by atoms with Crippen LogP contribution in [0.2, 0.25) is 0 Å². The summed E-state index contributed by atoms with van der Waals surface area (Å²) in [4.78, 5) is 27.5. The maximum Gasteiger partial charge on any atom is 0.410 e. The second kappa shape index (κ2) is 11.2. The first-order valence-corrected chi connectivity index (χ1v) is 12.6. The summed E-state index contributed by atoms with van der Waals surface area (Å²) >= 11 is 0. The molecule has 1 aliphatic rings. The van der Waals surface area contributed by atoms with Crippen LogP contribution in [-0.4, -0.2) is 57.7 Å². The molecule has 1 amide bonds. The number of nitrogens with zero attached hydrogens (tertiary/aromatic N) is 4. The molecule has 0 spiro atoms. The summed E-state index contributed by atoms with van der Waals surface area (Å²) in [5, 5.41) is 33.7. The maximum atomic E-state index is 12.3. The van der Waals surface area contributed by atoms with E-state index in [1.54, 1.807) is 35.2 Å². The van der Waals surface area contributed by atoms with Gasteiger partial charge in [0.05, 0.1) is 22.7 Å². The number of aliphatic hydroxyl groups is 1. The Hall–Kier alpha value is -4.00. The van der Waals surface area contributed by atoms with Crippen LogP contribution >= 0.6 is 0 Å². The summed E-state index contributed by atoms with van der Waals surface area (Å²) in [7, 11) is 0. The molecular formula is C29H32N4O5. The van der Waals surface area contributed by atoms with Gasteiger partial charge in [-0.1, -0.05) is 24.3 Å². The molecule has 1 atom stereocenters. The van der Waals surface area contributed by atoms with E-state index in [-0.39, 0.29) is 18.2 Å². The monoisotopic (exact) mass is 516 g/mol. The lowest BCUT2D eigenvalue weighted by Crippen LogP contribution is -2.49. The molecule has 1 N–H and O–H groups in total. The third kappa shape index (κ3) is 6.65. The number of carbonyl (C=O) groups excluding carboxylic acids is 1. The number of aliphatic hydroxyl groups excluding tert-OH is 1. The summed E-state index contributed by atoms with van der Waals surface area (Å²) < 4.78 is 5.46. The highest BCUT2D eigenvalue weighted by molar-refractivity contribution is 5.84. The van der Waals surface area contributed by atoms with E-state index in [0.29, 0.717) is 49.4 Å². The summed E-state index contributed by atoms with van der Waals surface area (Å²) in [6.45, 7) is 8.52. The number of piperazine rings is 1. The molecule has 1 heterocycles. The van der Waals surface area contributed by atoms with Crippen LogP contribution in [0.3, 0.4) is 0 Å². The minimum Gasteiger partial charge on any atom is -0.444 e. The molecule has 9 nitrogen and oxygen atoms in total. The number of rotatable bonds is 6. The highest BCUT2D eigenvalue weighted by atomic mass is 16.6. The molecular weight excluding hydrogens is 484 g/mol. The van der Waals surface area contributed by atoms with E-state index < -0.39 is 16.6 Å². The molecule has 0 radical (unpaired) electrons. The van der Waals surface area contributed by atoms with Gasteiger partial charge < -0.3 is 14.7 Å². The molecule has 1 aliphatic heterocycles. The topological polar surface area (TPSA) is 120 Å². The first-order chi connectivity index (χ1) is 18.0. The standard InChI is InChI=1S/C29H32N4O5/c1-29(2,3)38-28(35)32-12-10-31(11-13-32)19-21-5-9-26(33(36)37)25(15-21)17-27(34)23-8-7-22-6-4-20(18-30)14-24(22)16-23/h4-9,14-16,27,34H,10-13,17,19H2,1-3H3. The quantitative estimate of drug-likeness (QED) is 0.364. The summed E-state index contributed by atoms with van der Waals surface area (Å²) in [5.41, 5.74) is 1.94. The van der Waals surface area contributed by atoms with Gasteiger partial charge in [0.1, 0.15) is 5.60 Å². The number of hydrogen-bond acceptors (Lipinski definition) is 7. The van der Waals surface area contributed by atoms with Gasteiger partial charge in [-0.05, 0) is 66.9 Å².